The Kier molecular flexibility index (Phi) is 5.83. The van der Waals surface area contributed by atoms with Crippen LogP contribution >= 0.6 is 22.9 Å². The summed E-state index contributed by atoms with van der Waals surface area (Å²) in [6.07, 6.45) is 1.88. The number of aromatic nitrogens is 1. The standard InChI is InChI=1S/C22H19ClFN3O2S/c1-13-21(30-19(25-13)11-14-4-6-15(24)7-5-14)22(29)26-16-8-9-18(17(23)12-16)27-10-2-3-20(27)28/h4-9,12H,2-3,10-11H2,1H3,(H,26,29). The Morgan fingerprint density at radius 1 is 1.27 bits per heavy atom. The van der Waals surface area contributed by atoms with Gasteiger partial charge < -0.3 is 10.2 Å². The predicted molar refractivity (Wildman–Crippen MR) is 117 cm³/mol. The van der Waals surface area contributed by atoms with Gasteiger partial charge in [-0.2, -0.15) is 0 Å². The number of halogens is 2. The van der Waals surface area contributed by atoms with E-state index >= 15 is 0 Å². The Morgan fingerprint density at radius 2 is 2.03 bits per heavy atom. The first-order valence-corrected chi connectivity index (χ1v) is 10.7. The molecule has 2 aromatic carbocycles. The van der Waals surface area contributed by atoms with Crippen molar-refractivity contribution < 1.29 is 14.0 Å². The highest BCUT2D eigenvalue weighted by atomic mass is 35.5. The minimum absolute atomic E-state index is 0.0580. The number of carbonyl (C=O) groups is 2. The predicted octanol–water partition coefficient (Wildman–Crippen LogP) is 5.21. The molecule has 3 aromatic rings. The molecule has 1 N–H and O–H groups in total. The number of amides is 2. The molecule has 2 amide bonds. The first kappa shape index (κ1) is 20.5. The third-order valence-corrected chi connectivity index (χ3v) is 6.34. The van der Waals surface area contributed by atoms with Crippen LogP contribution < -0.4 is 10.2 Å². The zero-order valence-electron chi connectivity index (χ0n) is 16.2. The van der Waals surface area contributed by atoms with E-state index in [0.717, 1.165) is 17.0 Å². The molecular weight excluding hydrogens is 425 g/mol. The normalized spacial score (nSPS) is 13.7. The summed E-state index contributed by atoms with van der Waals surface area (Å²) in [5, 5.41) is 4.05. The lowest BCUT2D eigenvalue weighted by atomic mass is 10.1. The number of hydrogen-bond acceptors (Lipinski definition) is 4. The zero-order chi connectivity index (χ0) is 21.3. The highest BCUT2D eigenvalue weighted by molar-refractivity contribution is 7.14. The first-order chi connectivity index (χ1) is 14.4. The van der Waals surface area contributed by atoms with E-state index in [1.54, 1.807) is 42.2 Å². The van der Waals surface area contributed by atoms with E-state index in [1.807, 2.05) is 0 Å². The maximum Gasteiger partial charge on any atom is 0.267 e. The molecule has 0 unspecified atom stereocenters. The van der Waals surface area contributed by atoms with Gasteiger partial charge in [0.2, 0.25) is 5.91 Å². The van der Waals surface area contributed by atoms with Gasteiger partial charge in [-0.05, 0) is 49.2 Å². The maximum absolute atomic E-state index is 13.1. The average molecular weight is 444 g/mol. The highest BCUT2D eigenvalue weighted by Gasteiger charge is 2.24. The number of thiazole rings is 1. The molecule has 5 nitrogen and oxygen atoms in total. The van der Waals surface area contributed by atoms with Gasteiger partial charge in [-0.3, -0.25) is 9.59 Å². The van der Waals surface area contributed by atoms with E-state index in [2.05, 4.69) is 10.3 Å². The van der Waals surface area contributed by atoms with Gasteiger partial charge in [-0.25, -0.2) is 9.37 Å². The number of aryl methyl sites for hydroxylation is 1. The maximum atomic E-state index is 13.1. The molecule has 30 heavy (non-hydrogen) atoms. The molecule has 0 aliphatic carbocycles. The Morgan fingerprint density at radius 3 is 2.70 bits per heavy atom. The second kappa shape index (κ2) is 8.53. The van der Waals surface area contributed by atoms with Crippen molar-refractivity contribution in [2.24, 2.45) is 0 Å². The first-order valence-electron chi connectivity index (χ1n) is 9.53. The molecule has 1 aliphatic rings. The molecule has 8 heteroatoms. The molecule has 2 heterocycles. The van der Waals surface area contributed by atoms with Crippen molar-refractivity contribution in [3.8, 4) is 0 Å². The van der Waals surface area contributed by atoms with E-state index in [1.165, 1.54) is 23.5 Å². The molecule has 1 aromatic heterocycles. The molecule has 0 atom stereocenters. The zero-order valence-corrected chi connectivity index (χ0v) is 17.8. The molecule has 0 spiro atoms. The number of nitrogens with zero attached hydrogens (tertiary/aromatic N) is 2. The van der Waals surface area contributed by atoms with Crippen molar-refractivity contribution in [1.82, 2.24) is 4.98 Å². The van der Waals surface area contributed by atoms with Crippen molar-refractivity contribution >= 4 is 46.1 Å². The van der Waals surface area contributed by atoms with E-state index < -0.39 is 0 Å². The van der Waals surface area contributed by atoms with Gasteiger partial charge in [-0.1, -0.05) is 23.7 Å². The minimum atomic E-state index is -0.284. The van der Waals surface area contributed by atoms with Crippen LogP contribution in [0.4, 0.5) is 15.8 Å². The van der Waals surface area contributed by atoms with Crippen molar-refractivity contribution in [3.05, 3.63) is 74.4 Å². The van der Waals surface area contributed by atoms with Gasteiger partial charge in [-0.15, -0.1) is 11.3 Å². The average Bonchev–Trinajstić information content (AvgIpc) is 3.29. The largest absolute Gasteiger partial charge is 0.321 e. The van der Waals surface area contributed by atoms with Crippen LogP contribution in [0.2, 0.25) is 5.02 Å². The molecule has 1 fully saturated rings. The summed E-state index contributed by atoms with van der Waals surface area (Å²) >= 11 is 7.67. The summed E-state index contributed by atoms with van der Waals surface area (Å²) < 4.78 is 13.1. The lowest BCUT2D eigenvalue weighted by molar-refractivity contribution is -0.117. The monoisotopic (exact) mass is 443 g/mol. The van der Waals surface area contributed by atoms with E-state index in [0.29, 0.717) is 46.4 Å². The number of benzene rings is 2. The van der Waals surface area contributed by atoms with Crippen LogP contribution in [0.25, 0.3) is 0 Å². The van der Waals surface area contributed by atoms with Crippen LogP contribution in [0.5, 0.6) is 0 Å². The summed E-state index contributed by atoms with van der Waals surface area (Å²) in [5.74, 6) is -0.494. The van der Waals surface area contributed by atoms with Gasteiger partial charge in [0.25, 0.3) is 5.91 Å². The van der Waals surface area contributed by atoms with Crippen molar-refractivity contribution in [2.45, 2.75) is 26.2 Å². The fraction of sp³-hybridized carbons (Fsp3) is 0.227. The van der Waals surface area contributed by atoms with Gasteiger partial charge in [0, 0.05) is 25.1 Å². The fourth-order valence-electron chi connectivity index (χ4n) is 3.41. The number of hydrogen-bond donors (Lipinski definition) is 1. The Hall–Kier alpha value is -2.77. The minimum Gasteiger partial charge on any atom is -0.321 e. The van der Waals surface area contributed by atoms with E-state index in [9.17, 15) is 14.0 Å². The van der Waals surface area contributed by atoms with Gasteiger partial charge in [0.05, 0.1) is 21.4 Å². The molecule has 4 rings (SSSR count). The van der Waals surface area contributed by atoms with Crippen molar-refractivity contribution in [2.75, 3.05) is 16.8 Å². The van der Waals surface area contributed by atoms with Crippen LogP contribution in [0.3, 0.4) is 0 Å². The molecular formula is C22H19ClFN3O2S. The summed E-state index contributed by atoms with van der Waals surface area (Å²) in [6, 6.07) is 11.4. The molecule has 1 aliphatic heterocycles. The van der Waals surface area contributed by atoms with Crippen LogP contribution in [0, 0.1) is 12.7 Å². The third-order valence-electron chi connectivity index (χ3n) is 4.89. The highest BCUT2D eigenvalue weighted by Crippen LogP contribution is 2.32. The molecule has 0 saturated carbocycles. The molecule has 154 valence electrons. The summed E-state index contributed by atoms with van der Waals surface area (Å²) in [4.78, 5) is 31.3. The molecule has 0 bridgehead atoms. The number of carbonyl (C=O) groups excluding carboxylic acids is 2. The second-order valence-electron chi connectivity index (χ2n) is 7.09. The van der Waals surface area contributed by atoms with Crippen LogP contribution in [0.15, 0.2) is 42.5 Å². The van der Waals surface area contributed by atoms with Crippen molar-refractivity contribution in [1.29, 1.82) is 0 Å². The summed E-state index contributed by atoms with van der Waals surface area (Å²) in [5.41, 5.74) is 2.77. The Bertz CT molecular complexity index is 1110. The summed E-state index contributed by atoms with van der Waals surface area (Å²) in [7, 11) is 0. The number of anilines is 2. The number of nitrogens with one attached hydrogen (secondary N) is 1. The topological polar surface area (TPSA) is 62.3 Å². The van der Waals surface area contributed by atoms with Crippen LogP contribution in [-0.4, -0.2) is 23.3 Å². The lowest BCUT2D eigenvalue weighted by Crippen LogP contribution is -2.24. The quantitative estimate of drug-likeness (QED) is 0.588. The van der Waals surface area contributed by atoms with Crippen LogP contribution in [-0.2, 0) is 11.2 Å². The van der Waals surface area contributed by atoms with E-state index in [4.69, 9.17) is 11.6 Å². The second-order valence-corrected chi connectivity index (χ2v) is 8.59. The van der Waals surface area contributed by atoms with Gasteiger partial charge >= 0.3 is 0 Å². The SMILES string of the molecule is Cc1nc(Cc2ccc(F)cc2)sc1C(=O)Nc1ccc(N2CCCC2=O)c(Cl)c1. The van der Waals surface area contributed by atoms with Crippen molar-refractivity contribution in [3.63, 3.8) is 0 Å². The lowest BCUT2D eigenvalue weighted by Gasteiger charge is -2.18. The fourth-order valence-corrected chi connectivity index (χ4v) is 4.69. The third kappa shape index (κ3) is 4.37. The summed E-state index contributed by atoms with van der Waals surface area (Å²) in [6.45, 7) is 2.44. The Labute approximate surface area is 182 Å². The number of rotatable bonds is 5. The Balaban J connectivity index is 1.47. The van der Waals surface area contributed by atoms with E-state index in [-0.39, 0.29) is 17.6 Å². The smallest absolute Gasteiger partial charge is 0.267 e. The van der Waals surface area contributed by atoms with Gasteiger partial charge in [0.1, 0.15) is 10.7 Å². The molecule has 1 saturated heterocycles. The molecule has 0 radical (unpaired) electrons. The van der Waals surface area contributed by atoms with Crippen LogP contribution in [0.1, 0.15) is 38.8 Å². The van der Waals surface area contributed by atoms with Gasteiger partial charge in [0.15, 0.2) is 0 Å².